The molecule has 0 aliphatic heterocycles. The third kappa shape index (κ3) is 3.90. The van der Waals surface area contributed by atoms with E-state index in [0.29, 0.717) is 24.9 Å². The smallest absolute Gasteiger partial charge is 0.224 e. The number of rotatable bonds is 6. The Morgan fingerprint density at radius 2 is 1.11 bits per heavy atom. The molecule has 2 aliphatic rings. The van der Waals surface area contributed by atoms with Gasteiger partial charge in [0.25, 0.3) is 0 Å². The van der Waals surface area contributed by atoms with E-state index in [1.807, 2.05) is 60.7 Å². The van der Waals surface area contributed by atoms with Crippen molar-refractivity contribution in [3.05, 3.63) is 71.8 Å². The number of amides is 2. The van der Waals surface area contributed by atoms with Gasteiger partial charge >= 0.3 is 0 Å². The van der Waals surface area contributed by atoms with Crippen LogP contribution in [0.4, 0.5) is 0 Å². The maximum absolute atomic E-state index is 12.9. The summed E-state index contributed by atoms with van der Waals surface area (Å²) in [6, 6.07) is 19.8. The van der Waals surface area contributed by atoms with E-state index in [-0.39, 0.29) is 23.7 Å². The minimum Gasteiger partial charge on any atom is -0.352 e. The van der Waals surface area contributed by atoms with E-state index in [0.717, 1.165) is 30.4 Å². The van der Waals surface area contributed by atoms with E-state index in [2.05, 4.69) is 10.6 Å². The van der Waals surface area contributed by atoms with Crippen molar-refractivity contribution in [1.29, 1.82) is 0 Å². The fourth-order valence-corrected chi connectivity index (χ4v) is 4.85. The molecule has 2 bridgehead atoms. The SMILES string of the molecule is O=C(NCc1ccccc1)C1C2CCC(C2)C1C(=O)NCc1ccccc1. The van der Waals surface area contributed by atoms with Gasteiger partial charge in [-0.15, -0.1) is 0 Å². The van der Waals surface area contributed by atoms with Gasteiger partial charge in [0, 0.05) is 13.1 Å². The van der Waals surface area contributed by atoms with Crippen LogP contribution in [-0.2, 0) is 22.7 Å². The Bertz CT molecular complexity index is 723. The van der Waals surface area contributed by atoms with Crippen molar-refractivity contribution < 1.29 is 9.59 Å². The van der Waals surface area contributed by atoms with Gasteiger partial charge in [-0.3, -0.25) is 9.59 Å². The summed E-state index contributed by atoms with van der Waals surface area (Å²) in [6.45, 7) is 1.04. The summed E-state index contributed by atoms with van der Waals surface area (Å²) in [6.07, 6.45) is 3.14. The molecule has 2 aromatic rings. The van der Waals surface area contributed by atoms with Gasteiger partial charge in [0.15, 0.2) is 0 Å². The molecule has 4 unspecified atom stereocenters. The molecule has 2 saturated carbocycles. The lowest BCUT2D eigenvalue weighted by Gasteiger charge is -2.29. The van der Waals surface area contributed by atoms with Crippen LogP contribution in [0, 0.1) is 23.7 Å². The highest BCUT2D eigenvalue weighted by atomic mass is 16.2. The second-order valence-corrected chi connectivity index (χ2v) is 7.79. The molecule has 4 rings (SSSR count). The lowest BCUT2D eigenvalue weighted by molar-refractivity contribution is -0.137. The number of hydrogen-bond donors (Lipinski definition) is 2. The van der Waals surface area contributed by atoms with Gasteiger partial charge < -0.3 is 10.6 Å². The molecule has 0 heterocycles. The first-order valence-electron chi connectivity index (χ1n) is 9.85. The molecule has 140 valence electrons. The van der Waals surface area contributed by atoms with Crippen molar-refractivity contribution in [3.8, 4) is 0 Å². The van der Waals surface area contributed by atoms with E-state index >= 15 is 0 Å². The molecule has 2 aromatic carbocycles. The van der Waals surface area contributed by atoms with Crippen LogP contribution in [0.5, 0.6) is 0 Å². The standard InChI is InChI=1S/C23H26N2O2/c26-22(24-14-16-7-3-1-4-8-16)20-18-11-12-19(13-18)21(20)23(27)25-15-17-9-5-2-6-10-17/h1-10,18-21H,11-15H2,(H,24,26)(H,25,27). The molecule has 4 nitrogen and oxygen atoms in total. The molecule has 2 amide bonds. The first kappa shape index (κ1) is 17.8. The fraction of sp³-hybridized carbons (Fsp3) is 0.391. The van der Waals surface area contributed by atoms with E-state index in [1.165, 1.54) is 0 Å². The average molecular weight is 362 g/mol. The zero-order chi connectivity index (χ0) is 18.6. The fourth-order valence-electron chi connectivity index (χ4n) is 4.85. The maximum atomic E-state index is 12.9. The van der Waals surface area contributed by atoms with Gasteiger partial charge in [0.1, 0.15) is 0 Å². The van der Waals surface area contributed by atoms with E-state index < -0.39 is 0 Å². The largest absolute Gasteiger partial charge is 0.352 e. The quantitative estimate of drug-likeness (QED) is 0.828. The highest BCUT2D eigenvalue weighted by Crippen LogP contribution is 2.52. The minimum absolute atomic E-state index is 0.0333. The Labute approximate surface area is 160 Å². The highest BCUT2D eigenvalue weighted by molar-refractivity contribution is 5.89. The van der Waals surface area contributed by atoms with Crippen LogP contribution in [0.25, 0.3) is 0 Å². The summed E-state index contributed by atoms with van der Waals surface area (Å²) in [5.41, 5.74) is 2.16. The molecular weight excluding hydrogens is 336 g/mol. The summed E-state index contributed by atoms with van der Waals surface area (Å²) in [5.74, 6) is 0.375. The van der Waals surface area contributed by atoms with Gasteiger partial charge in [-0.2, -0.15) is 0 Å². The summed E-state index contributed by atoms with van der Waals surface area (Å²) < 4.78 is 0. The van der Waals surface area contributed by atoms with Gasteiger partial charge in [-0.05, 0) is 42.2 Å². The van der Waals surface area contributed by atoms with Gasteiger partial charge in [0.05, 0.1) is 11.8 Å². The number of carbonyl (C=O) groups is 2. The average Bonchev–Trinajstić information content (AvgIpc) is 3.33. The number of hydrogen-bond acceptors (Lipinski definition) is 2. The summed E-state index contributed by atoms with van der Waals surface area (Å²) in [7, 11) is 0. The van der Waals surface area contributed by atoms with Crippen molar-refractivity contribution in [2.45, 2.75) is 32.4 Å². The van der Waals surface area contributed by atoms with Crippen LogP contribution >= 0.6 is 0 Å². The summed E-state index contributed by atoms with van der Waals surface area (Å²) in [5, 5.41) is 6.13. The predicted molar refractivity (Wildman–Crippen MR) is 104 cm³/mol. The number of benzene rings is 2. The third-order valence-corrected chi connectivity index (χ3v) is 6.14. The van der Waals surface area contributed by atoms with Crippen molar-refractivity contribution in [3.63, 3.8) is 0 Å². The Morgan fingerprint density at radius 3 is 1.52 bits per heavy atom. The molecule has 0 spiro atoms. The Hall–Kier alpha value is -2.62. The zero-order valence-electron chi connectivity index (χ0n) is 15.4. The summed E-state index contributed by atoms with van der Waals surface area (Å²) in [4.78, 5) is 25.8. The van der Waals surface area contributed by atoms with Crippen molar-refractivity contribution >= 4 is 11.8 Å². The van der Waals surface area contributed by atoms with Crippen molar-refractivity contribution in [1.82, 2.24) is 10.6 Å². The van der Waals surface area contributed by atoms with Crippen molar-refractivity contribution in [2.75, 3.05) is 0 Å². The highest BCUT2D eigenvalue weighted by Gasteiger charge is 2.53. The molecule has 4 heteroatoms. The van der Waals surface area contributed by atoms with Crippen LogP contribution in [0.3, 0.4) is 0 Å². The molecule has 0 radical (unpaired) electrons. The summed E-state index contributed by atoms with van der Waals surface area (Å²) >= 11 is 0. The molecule has 2 aliphatic carbocycles. The first-order valence-corrected chi connectivity index (χ1v) is 9.85. The van der Waals surface area contributed by atoms with E-state index in [9.17, 15) is 9.59 Å². The van der Waals surface area contributed by atoms with E-state index in [4.69, 9.17) is 0 Å². The van der Waals surface area contributed by atoms with Crippen molar-refractivity contribution in [2.24, 2.45) is 23.7 Å². The Kier molecular flexibility index (Phi) is 5.23. The molecule has 27 heavy (non-hydrogen) atoms. The Balaban J connectivity index is 1.39. The van der Waals surface area contributed by atoms with Crippen LogP contribution in [-0.4, -0.2) is 11.8 Å². The van der Waals surface area contributed by atoms with E-state index in [1.54, 1.807) is 0 Å². The van der Waals surface area contributed by atoms with Crippen LogP contribution in [0.2, 0.25) is 0 Å². The van der Waals surface area contributed by atoms with Crippen LogP contribution < -0.4 is 10.6 Å². The maximum Gasteiger partial charge on any atom is 0.224 e. The predicted octanol–water partition coefficient (Wildman–Crippen LogP) is 3.28. The molecule has 4 atom stereocenters. The van der Waals surface area contributed by atoms with Crippen LogP contribution in [0.1, 0.15) is 30.4 Å². The van der Waals surface area contributed by atoms with Gasteiger partial charge in [0.2, 0.25) is 11.8 Å². The van der Waals surface area contributed by atoms with Crippen LogP contribution in [0.15, 0.2) is 60.7 Å². The number of carbonyl (C=O) groups excluding carboxylic acids is 2. The zero-order valence-corrected chi connectivity index (χ0v) is 15.4. The molecule has 2 N–H and O–H groups in total. The lowest BCUT2D eigenvalue weighted by Crippen LogP contribution is -2.44. The lowest BCUT2D eigenvalue weighted by atomic mass is 9.78. The van der Waals surface area contributed by atoms with Gasteiger partial charge in [-0.25, -0.2) is 0 Å². The first-order chi connectivity index (χ1) is 13.2. The Morgan fingerprint density at radius 1 is 0.704 bits per heavy atom. The number of fused-ring (bicyclic) bond motifs is 2. The molecule has 0 aromatic heterocycles. The number of nitrogens with one attached hydrogen (secondary N) is 2. The third-order valence-electron chi connectivity index (χ3n) is 6.14. The minimum atomic E-state index is -0.191. The monoisotopic (exact) mass is 362 g/mol. The normalized spacial score (nSPS) is 25.9. The second kappa shape index (κ2) is 7.95. The molecular formula is C23H26N2O2. The molecule has 0 saturated heterocycles. The second-order valence-electron chi connectivity index (χ2n) is 7.79. The molecule has 2 fully saturated rings. The topological polar surface area (TPSA) is 58.2 Å². The van der Waals surface area contributed by atoms with Gasteiger partial charge in [-0.1, -0.05) is 60.7 Å².